The molecule has 0 radical (unpaired) electrons. The van der Waals surface area contributed by atoms with E-state index >= 15 is 0 Å². The van der Waals surface area contributed by atoms with Gasteiger partial charge in [-0.25, -0.2) is 0 Å². The van der Waals surface area contributed by atoms with Crippen LogP contribution in [0.1, 0.15) is 24.0 Å². The molecule has 1 aliphatic carbocycles. The number of aryl methyl sites for hydroxylation is 1. The predicted octanol–water partition coefficient (Wildman–Crippen LogP) is 3.63. The van der Waals surface area contributed by atoms with Crippen LogP contribution >= 0.6 is 0 Å². The van der Waals surface area contributed by atoms with Crippen molar-refractivity contribution in [3.05, 3.63) is 60.7 Å². The number of hydrogen-bond acceptors (Lipinski definition) is 0. The van der Waals surface area contributed by atoms with Gasteiger partial charge in [-0.15, -0.1) is 13.2 Å². The zero-order valence-corrected chi connectivity index (χ0v) is 8.50. The summed E-state index contributed by atoms with van der Waals surface area (Å²) >= 11 is 0. The second kappa shape index (κ2) is 3.45. The van der Waals surface area contributed by atoms with E-state index in [1.54, 1.807) is 0 Å². The number of rotatable bonds is 2. The van der Waals surface area contributed by atoms with Crippen molar-refractivity contribution in [1.82, 2.24) is 0 Å². The minimum atomic E-state index is 0.0227. The number of hydrogen-bond donors (Lipinski definition) is 0. The molecule has 0 saturated carbocycles. The summed E-state index contributed by atoms with van der Waals surface area (Å²) in [4.78, 5) is 0. The third kappa shape index (κ3) is 1.22. The first-order valence-electron chi connectivity index (χ1n) is 5.18. The predicted molar refractivity (Wildman–Crippen MR) is 61.5 cm³/mol. The van der Waals surface area contributed by atoms with Crippen molar-refractivity contribution in [2.75, 3.05) is 0 Å². The lowest BCUT2D eigenvalue weighted by molar-refractivity contribution is 0.530. The van der Waals surface area contributed by atoms with Gasteiger partial charge in [0.15, 0.2) is 0 Å². The lowest BCUT2D eigenvalue weighted by Crippen LogP contribution is -2.25. The van der Waals surface area contributed by atoms with Gasteiger partial charge in [0.1, 0.15) is 0 Å². The molecule has 2 rings (SSSR count). The van der Waals surface area contributed by atoms with Gasteiger partial charge in [0.05, 0.1) is 0 Å². The average molecular weight is 184 g/mol. The topological polar surface area (TPSA) is 0 Å². The summed E-state index contributed by atoms with van der Waals surface area (Å²) in [6, 6.07) is 8.64. The van der Waals surface area contributed by atoms with E-state index in [2.05, 4.69) is 37.4 Å². The fraction of sp³-hybridized carbons (Fsp3) is 0.286. The van der Waals surface area contributed by atoms with Gasteiger partial charge >= 0.3 is 0 Å². The number of allylic oxidation sites excluding steroid dienone is 2. The van der Waals surface area contributed by atoms with E-state index in [1.807, 2.05) is 12.2 Å². The summed E-state index contributed by atoms with van der Waals surface area (Å²) in [6.07, 6.45) is 7.65. The summed E-state index contributed by atoms with van der Waals surface area (Å²) in [5, 5.41) is 0. The van der Waals surface area contributed by atoms with Crippen LogP contribution in [0, 0.1) is 0 Å². The molecule has 0 heterocycles. The van der Waals surface area contributed by atoms with Crippen LogP contribution < -0.4 is 0 Å². The number of benzene rings is 1. The minimum absolute atomic E-state index is 0.0227. The van der Waals surface area contributed by atoms with Crippen LogP contribution in [0.15, 0.2) is 49.6 Å². The molecule has 0 saturated heterocycles. The Morgan fingerprint density at radius 2 is 1.86 bits per heavy atom. The Bertz CT molecular complexity index is 352. The molecular weight excluding hydrogens is 168 g/mol. The van der Waals surface area contributed by atoms with E-state index in [9.17, 15) is 0 Å². The molecule has 0 bridgehead atoms. The molecule has 0 fully saturated rings. The van der Waals surface area contributed by atoms with Crippen LogP contribution in [0.3, 0.4) is 0 Å². The summed E-state index contributed by atoms with van der Waals surface area (Å²) in [5.74, 6) is 0. The second-order valence-electron chi connectivity index (χ2n) is 3.96. The normalized spacial score (nSPS) is 18.3. The van der Waals surface area contributed by atoms with Gasteiger partial charge in [0, 0.05) is 5.41 Å². The molecule has 14 heavy (non-hydrogen) atoms. The second-order valence-corrected chi connectivity index (χ2v) is 3.96. The van der Waals surface area contributed by atoms with Crippen LogP contribution in [0.2, 0.25) is 0 Å². The quantitative estimate of drug-likeness (QED) is 0.616. The van der Waals surface area contributed by atoms with Gasteiger partial charge < -0.3 is 0 Å². The van der Waals surface area contributed by atoms with Crippen LogP contribution in [-0.2, 0) is 11.8 Å². The Morgan fingerprint density at radius 1 is 1.14 bits per heavy atom. The summed E-state index contributed by atoms with van der Waals surface area (Å²) in [6.45, 7) is 7.91. The van der Waals surface area contributed by atoms with E-state index in [4.69, 9.17) is 0 Å². The zero-order chi connectivity index (χ0) is 10.0. The first-order chi connectivity index (χ1) is 6.82. The molecule has 0 aliphatic heterocycles. The molecule has 0 heteroatoms. The summed E-state index contributed by atoms with van der Waals surface area (Å²) in [5.41, 5.74) is 2.88. The van der Waals surface area contributed by atoms with Gasteiger partial charge in [-0.2, -0.15) is 0 Å². The first kappa shape index (κ1) is 9.26. The van der Waals surface area contributed by atoms with Crippen LogP contribution in [0.4, 0.5) is 0 Å². The standard InChI is InChI=1S/C14H16/c1-3-14(4-2)11-7-9-12-8-5-6-10-13(12)14/h3-6,8,10H,1-2,7,9,11H2. The zero-order valence-electron chi connectivity index (χ0n) is 8.50. The molecule has 0 spiro atoms. The van der Waals surface area contributed by atoms with Gasteiger partial charge in [-0.3, -0.25) is 0 Å². The molecule has 0 N–H and O–H groups in total. The van der Waals surface area contributed by atoms with Gasteiger partial charge in [-0.05, 0) is 30.4 Å². The fourth-order valence-corrected chi connectivity index (χ4v) is 2.41. The maximum Gasteiger partial charge on any atom is 0.0309 e. The molecule has 1 aromatic rings. The van der Waals surface area contributed by atoms with Crippen molar-refractivity contribution in [2.24, 2.45) is 0 Å². The molecular formula is C14H16. The Labute approximate surface area is 86.0 Å². The van der Waals surface area contributed by atoms with Crippen LogP contribution in [0.25, 0.3) is 0 Å². The highest BCUT2D eigenvalue weighted by molar-refractivity contribution is 5.43. The van der Waals surface area contributed by atoms with Crippen molar-refractivity contribution in [3.8, 4) is 0 Å². The van der Waals surface area contributed by atoms with E-state index in [0.29, 0.717) is 0 Å². The van der Waals surface area contributed by atoms with Crippen molar-refractivity contribution in [1.29, 1.82) is 0 Å². The maximum atomic E-state index is 3.95. The van der Waals surface area contributed by atoms with Crippen LogP contribution in [-0.4, -0.2) is 0 Å². The third-order valence-corrected chi connectivity index (χ3v) is 3.28. The smallest absolute Gasteiger partial charge is 0.0309 e. The van der Waals surface area contributed by atoms with Gasteiger partial charge in [-0.1, -0.05) is 36.4 Å². The van der Waals surface area contributed by atoms with E-state index in [1.165, 1.54) is 24.0 Å². The summed E-state index contributed by atoms with van der Waals surface area (Å²) < 4.78 is 0. The molecule has 0 atom stereocenters. The number of fused-ring (bicyclic) bond motifs is 1. The Hall–Kier alpha value is -1.30. The molecule has 0 amide bonds. The van der Waals surface area contributed by atoms with Gasteiger partial charge in [0.2, 0.25) is 0 Å². The molecule has 0 unspecified atom stereocenters. The lowest BCUT2D eigenvalue weighted by Gasteiger charge is -2.33. The molecule has 0 nitrogen and oxygen atoms in total. The van der Waals surface area contributed by atoms with Crippen molar-refractivity contribution >= 4 is 0 Å². The highest BCUT2D eigenvalue weighted by Crippen LogP contribution is 2.38. The van der Waals surface area contributed by atoms with E-state index in [0.717, 1.165) is 6.42 Å². The highest BCUT2D eigenvalue weighted by atomic mass is 14.3. The highest BCUT2D eigenvalue weighted by Gasteiger charge is 2.30. The molecule has 1 aromatic carbocycles. The summed E-state index contributed by atoms with van der Waals surface area (Å²) in [7, 11) is 0. The largest absolute Gasteiger partial charge is 0.102 e. The Balaban J connectivity index is 2.59. The lowest BCUT2D eigenvalue weighted by atomic mass is 9.70. The van der Waals surface area contributed by atoms with Crippen molar-refractivity contribution in [2.45, 2.75) is 24.7 Å². The Kier molecular flexibility index (Phi) is 2.28. The molecule has 1 aliphatic rings. The first-order valence-corrected chi connectivity index (χ1v) is 5.18. The minimum Gasteiger partial charge on any atom is -0.102 e. The van der Waals surface area contributed by atoms with Gasteiger partial charge in [0.25, 0.3) is 0 Å². The monoisotopic (exact) mass is 184 g/mol. The third-order valence-electron chi connectivity index (χ3n) is 3.28. The molecule has 0 aromatic heterocycles. The maximum absolute atomic E-state index is 3.95. The van der Waals surface area contributed by atoms with E-state index < -0.39 is 0 Å². The van der Waals surface area contributed by atoms with Crippen molar-refractivity contribution in [3.63, 3.8) is 0 Å². The van der Waals surface area contributed by atoms with Crippen LogP contribution in [0.5, 0.6) is 0 Å². The van der Waals surface area contributed by atoms with E-state index in [-0.39, 0.29) is 5.41 Å². The molecule has 72 valence electrons. The average Bonchev–Trinajstić information content (AvgIpc) is 2.28. The SMILES string of the molecule is C=CC1(C=C)CCCc2ccccc21. The Morgan fingerprint density at radius 3 is 2.57 bits per heavy atom. The fourth-order valence-electron chi connectivity index (χ4n) is 2.41. The van der Waals surface area contributed by atoms with Crippen molar-refractivity contribution < 1.29 is 0 Å².